The standard InChI is InChI=1S/C19H13N3O3S/c1-2-17(23)16-4-3-9-21-19(16)18-8-7-15(26-18)6-5-13-10-14(22(24)25)12-20-11-13/h3-4,7-12H,2H2,1H3. The van der Waals surface area contributed by atoms with E-state index in [1.54, 1.807) is 18.3 Å². The third kappa shape index (κ3) is 3.82. The van der Waals surface area contributed by atoms with Crippen molar-refractivity contribution in [2.75, 3.05) is 0 Å². The quantitative estimate of drug-likeness (QED) is 0.301. The number of nitrogens with zero attached hydrogens (tertiary/aromatic N) is 3. The third-order valence-electron chi connectivity index (χ3n) is 3.53. The Morgan fingerprint density at radius 3 is 2.88 bits per heavy atom. The van der Waals surface area contributed by atoms with E-state index in [2.05, 4.69) is 21.8 Å². The normalized spacial score (nSPS) is 10.0. The Bertz CT molecular complexity index is 1050. The maximum atomic E-state index is 12.1. The van der Waals surface area contributed by atoms with Gasteiger partial charge in [-0.25, -0.2) is 0 Å². The number of rotatable bonds is 4. The summed E-state index contributed by atoms with van der Waals surface area (Å²) in [5.41, 5.74) is 1.61. The van der Waals surface area contributed by atoms with Crippen LogP contribution in [0.25, 0.3) is 10.6 Å². The zero-order chi connectivity index (χ0) is 18.5. The molecular formula is C19H13N3O3S. The summed E-state index contributed by atoms with van der Waals surface area (Å²) in [5.74, 6) is 5.89. The molecule has 0 aliphatic heterocycles. The molecule has 0 atom stereocenters. The molecule has 0 aliphatic carbocycles. The molecule has 0 unspecified atom stereocenters. The molecule has 7 heteroatoms. The fraction of sp³-hybridized carbons (Fsp3) is 0.105. The lowest BCUT2D eigenvalue weighted by Gasteiger charge is -2.03. The molecule has 3 aromatic rings. The van der Waals surface area contributed by atoms with Gasteiger partial charge in [-0.2, -0.15) is 0 Å². The number of aromatic nitrogens is 2. The Morgan fingerprint density at radius 2 is 2.12 bits per heavy atom. The Kier molecular flexibility index (Phi) is 5.15. The molecule has 26 heavy (non-hydrogen) atoms. The first-order chi connectivity index (χ1) is 12.6. The second-order valence-electron chi connectivity index (χ2n) is 5.28. The minimum atomic E-state index is -0.505. The summed E-state index contributed by atoms with van der Waals surface area (Å²) < 4.78 is 0. The molecule has 0 saturated heterocycles. The zero-order valence-corrected chi connectivity index (χ0v) is 14.6. The largest absolute Gasteiger partial charge is 0.294 e. The molecule has 0 amide bonds. The van der Waals surface area contributed by atoms with Gasteiger partial charge in [0.15, 0.2) is 5.78 Å². The van der Waals surface area contributed by atoms with E-state index in [4.69, 9.17) is 0 Å². The lowest BCUT2D eigenvalue weighted by atomic mass is 10.1. The Labute approximate surface area is 153 Å². The highest BCUT2D eigenvalue weighted by Gasteiger charge is 2.13. The summed E-state index contributed by atoms with van der Waals surface area (Å²) in [6.07, 6.45) is 4.73. The maximum absolute atomic E-state index is 12.1. The number of nitro groups is 1. The maximum Gasteiger partial charge on any atom is 0.288 e. The number of carbonyl (C=O) groups excluding carboxylic acids is 1. The first-order valence-electron chi connectivity index (χ1n) is 7.78. The van der Waals surface area contributed by atoms with Crippen LogP contribution in [0.3, 0.4) is 0 Å². The Balaban J connectivity index is 1.90. The van der Waals surface area contributed by atoms with Gasteiger partial charge in [0.05, 0.1) is 25.9 Å². The second-order valence-corrected chi connectivity index (χ2v) is 6.36. The molecule has 0 aliphatic rings. The van der Waals surface area contributed by atoms with Crippen LogP contribution in [0.15, 0.2) is 48.9 Å². The van der Waals surface area contributed by atoms with Crippen LogP contribution in [-0.2, 0) is 0 Å². The molecule has 0 bridgehead atoms. The molecule has 0 N–H and O–H groups in total. The van der Waals surface area contributed by atoms with Gasteiger partial charge in [0.1, 0.15) is 6.20 Å². The predicted octanol–water partition coefficient (Wildman–Crippen LogP) is 4.11. The molecule has 0 aromatic carbocycles. The van der Waals surface area contributed by atoms with Gasteiger partial charge < -0.3 is 0 Å². The third-order valence-corrected chi connectivity index (χ3v) is 4.54. The van der Waals surface area contributed by atoms with E-state index >= 15 is 0 Å². The van der Waals surface area contributed by atoms with E-state index in [0.717, 1.165) is 9.75 Å². The molecule has 3 heterocycles. The number of Topliss-reactive ketones (excluding diaryl/α,β-unsaturated/α-hetero) is 1. The lowest BCUT2D eigenvalue weighted by Crippen LogP contribution is -2.00. The summed E-state index contributed by atoms with van der Waals surface area (Å²) in [7, 11) is 0. The highest BCUT2D eigenvalue weighted by atomic mass is 32.1. The summed E-state index contributed by atoms with van der Waals surface area (Å²) in [4.78, 5) is 32.1. The molecule has 128 valence electrons. The number of hydrogen-bond donors (Lipinski definition) is 0. The lowest BCUT2D eigenvalue weighted by molar-refractivity contribution is -0.385. The van der Waals surface area contributed by atoms with Gasteiger partial charge in [-0.05, 0) is 24.3 Å². The Hall–Kier alpha value is -3.37. The van der Waals surface area contributed by atoms with E-state index in [9.17, 15) is 14.9 Å². The van der Waals surface area contributed by atoms with E-state index in [1.807, 2.05) is 19.1 Å². The Morgan fingerprint density at radius 1 is 1.27 bits per heavy atom. The number of ketones is 1. The smallest absolute Gasteiger partial charge is 0.288 e. The topological polar surface area (TPSA) is 86.0 Å². The first kappa shape index (κ1) is 17.5. The van der Waals surface area contributed by atoms with Crippen LogP contribution in [0.4, 0.5) is 5.69 Å². The summed E-state index contributed by atoms with van der Waals surface area (Å²) in [5, 5.41) is 10.8. The van der Waals surface area contributed by atoms with Gasteiger partial charge in [0.25, 0.3) is 5.69 Å². The van der Waals surface area contributed by atoms with Crippen molar-refractivity contribution in [3.8, 4) is 22.4 Å². The molecule has 6 nitrogen and oxygen atoms in total. The van der Waals surface area contributed by atoms with Crippen LogP contribution in [0.5, 0.6) is 0 Å². The van der Waals surface area contributed by atoms with Crippen molar-refractivity contribution >= 4 is 22.8 Å². The molecule has 0 spiro atoms. The van der Waals surface area contributed by atoms with E-state index in [0.29, 0.717) is 23.2 Å². The van der Waals surface area contributed by atoms with Crippen LogP contribution in [0, 0.1) is 22.0 Å². The molecule has 3 aromatic heterocycles. The van der Waals surface area contributed by atoms with Gasteiger partial charge in [0, 0.05) is 30.4 Å². The van der Waals surface area contributed by atoms with Crippen molar-refractivity contribution in [2.24, 2.45) is 0 Å². The van der Waals surface area contributed by atoms with Crippen molar-refractivity contribution in [3.63, 3.8) is 0 Å². The van der Waals surface area contributed by atoms with Gasteiger partial charge in [-0.1, -0.05) is 18.8 Å². The monoisotopic (exact) mass is 363 g/mol. The van der Waals surface area contributed by atoms with E-state index in [1.165, 1.54) is 29.8 Å². The number of pyridine rings is 2. The first-order valence-corrected chi connectivity index (χ1v) is 8.60. The number of thiophene rings is 1. The van der Waals surface area contributed by atoms with Crippen LogP contribution < -0.4 is 0 Å². The van der Waals surface area contributed by atoms with Crippen LogP contribution in [-0.4, -0.2) is 20.7 Å². The van der Waals surface area contributed by atoms with Crippen LogP contribution in [0.1, 0.15) is 34.1 Å². The van der Waals surface area contributed by atoms with Crippen molar-refractivity contribution in [1.29, 1.82) is 0 Å². The van der Waals surface area contributed by atoms with E-state index < -0.39 is 4.92 Å². The predicted molar refractivity (Wildman–Crippen MR) is 99.0 cm³/mol. The molecule has 0 fully saturated rings. The molecule has 0 saturated carbocycles. The zero-order valence-electron chi connectivity index (χ0n) is 13.8. The van der Waals surface area contributed by atoms with Gasteiger partial charge in [0.2, 0.25) is 0 Å². The fourth-order valence-corrected chi connectivity index (χ4v) is 3.15. The van der Waals surface area contributed by atoms with Crippen molar-refractivity contribution < 1.29 is 9.72 Å². The van der Waals surface area contributed by atoms with Crippen LogP contribution >= 0.6 is 11.3 Å². The highest BCUT2D eigenvalue weighted by Crippen LogP contribution is 2.29. The summed E-state index contributed by atoms with van der Waals surface area (Å²) >= 11 is 1.42. The van der Waals surface area contributed by atoms with Gasteiger partial charge in [-0.15, -0.1) is 11.3 Å². The van der Waals surface area contributed by atoms with Crippen molar-refractivity contribution in [2.45, 2.75) is 13.3 Å². The van der Waals surface area contributed by atoms with Gasteiger partial charge >= 0.3 is 0 Å². The van der Waals surface area contributed by atoms with Crippen molar-refractivity contribution in [1.82, 2.24) is 9.97 Å². The number of hydrogen-bond acceptors (Lipinski definition) is 6. The molecular weight excluding hydrogens is 350 g/mol. The number of carbonyl (C=O) groups is 1. The summed E-state index contributed by atoms with van der Waals surface area (Å²) in [6.45, 7) is 1.82. The second kappa shape index (κ2) is 7.68. The fourth-order valence-electron chi connectivity index (χ4n) is 2.28. The molecule has 0 radical (unpaired) electrons. The average Bonchev–Trinajstić information content (AvgIpc) is 3.15. The molecule has 3 rings (SSSR count). The van der Waals surface area contributed by atoms with Crippen molar-refractivity contribution in [3.05, 3.63) is 75.0 Å². The highest BCUT2D eigenvalue weighted by molar-refractivity contribution is 7.16. The van der Waals surface area contributed by atoms with Gasteiger partial charge in [-0.3, -0.25) is 24.9 Å². The summed E-state index contributed by atoms with van der Waals surface area (Å²) in [6, 6.07) is 8.61. The van der Waals surface area contributed by atoms with Crippen LogP contribution in [0.2, 0.25) is 0 Å². The average molecular weight is 363 g/mol. The minimum Gasteiger partial charge on any atom is -0.294 e. The van der Waals surface area contributed by atoms with E-state index in [-0.39, 0.29) is 11.5 Å². The SMILES string of the molecule is CCC(=O)c1cccnc1-c1ccc(C#Cc2cncc([N+](=O)[O-])c2)s1. The minimum absolute atomic E-state index is 0.0387.